The molecule has 4 aromatic rings. The minimum absolute atomic E-state index is 0.0369. The number of aryl methyl sites for hydroxylation is 1. The third-order valence-electron chi connectivity index (χ3n) is 4.05. The molecule has 0 radical (unpaired) electrons. The topological polar surface area (TPSA) is 104 Å². The van der Waals surface area contributed by atoms with E-state index in [1.807, 2.05) is 31.2 Å². The molecule has 0 spiro atoms. The van der Waals surface area contributed by atoms with Gasteiger partial charge in [0.05, 0.1) is 15.8 Å². The molecule has 0 unspecified atom stereocenters. The molecule has 8 nitrogen and oxygen atoms in total. The van der Waals surface area contributed by atoms with Gasteiger partial charge in [0.25, 0.3) is 5.69 Å². The van der Waals surface area contributed by atoms with E-state index < -0.39 is 4.92 Å². The van der Waals surface area contributed by atoms with Gasteiger partial charge in [0.1, 0.15) is 12.0 Å². The summed E-state index contributed by atoms with van der Waals surface area (Å²) < 4.78 is 11.0. The Balaban J connectivity index is 1.54. The summed E-state index contributed by atoms with van der Waals surface area (Å²) in [6, 6.07) is 14.1. The first-order valence-corrected chi connectivity index (χ1v) is 8.15. The fraction of sp³-hybridized carbons (Fsp3) is 0.105. The molecule has 134 valence electrons. The van der Waals surface area contributed by atoms with Gasteiger partial charge in [-0.05, 0) is 13.0 Å². The van der Waals surface area contributed by atoms with Gasteiger partial charge in [-0.3, -0.25) is 10.1 Å². The number of non-ortho nitro benzene ring substituents is 1. The van der Waals surface area contributed by atoms with Crippen molar-refractivity contribution >= 4 is 16.6 Å². The zero-order chi connectivity index (χ0) is 18.8. The van der Waals surface area contributed by atoms with Gasteiger partial charge >= 0.3 is 0 Å². The molecule has 0 aliphatic heterocycles. The Labute approximate surface area is 153 Å². The monoisotopic (exact) mass is 362 g/mol. The number of nitro benzene ring substituents is 1. The van der Waals surface area contributed by atoms with Gasteiger partial charge in [-0.2, -0.15) is 0 Å². The van der Waals surface area contributed by atoms with E-state index in [0.717, 1.165) is 11.3 Å². The Hall–Kier alpha value is -3.81. The first-order valence-electron chi connectivity index (χ1n) is 8.15. The van der Waals surface area contributed by atoms with Crippen LogP contribution in [0, 0.1) is 17.0 Å². The second kappa shape index (κ2) is 6.83. The molecule has 0 fully saturated rings. The summed E-state index contributed by atoms with van der Waals surface area (Å²) in [6.45, 7) is 2.15. The summed E-state index contributed by atoms with van der Waals surface area (Å²) in [5.41, 5.74) is 3.24. The Kier molecular flexibility index (Phi) is 4.21. The fourth-order valence-electron chi connectivity index (χ4n) is 2.63. The van der Waals surface area contributed by atoms with E-state index in [1.54, 1.807) is 12.1 Å². The van der Waals surface area contributed by atoms with Crippen molar-refractivity contribution in [2.45, 2.75) is 13.5 Å². The standard InChI is InChI=1S/C19H14N4O4/c1-12-2-4-13(5-3-12)17-9-15(27-22-17)10-26-19-16-7-6-14(23(24)25)8-18(16)20-11-21-19/h2-9,11H,10H2,1H3. The molecule has 0 N–H and O–H groups in total. The fourth-order valence-corrected chi connectivity index (χ4v) is 2.63. The smallest absolute Gasteiger partial charge is 0.271 e. The lowest BCUT2D eigenvalue weighted by atomic mass is 10.1. The van der Waals surface area contributed by atoms with Crippen LogP contribution >= 0.6 is 0 Å². The Morgan fingerprint density at radius 1 is 1.11 bits per heavy atom. The summed E-state index contributed by atoms with van der Waals surface area (Å²) in [6.07, 6.45) is 1.31. The number of rotatable bonds is 5. The van der Waals surface area contributed by atoms with Crippen molar-refractivity contribution in [3.8, 4) is 17.1 Å². The van der Waals surface area contributed by atoms with Crippen LogP contribution in [0.5, 0.6) is 5.88 Å². The molecule has 8 heteroatoms. The quantitative estimate of drug-likeness (QED) is 0.389. The van der Waals surface area contributed by atoms with E-state index in [2.05, 4.69) is 15.1 Å². The lowest BCUT2D eigenvalue weighted by Crippen LogP contribution is -1.98. The lowest BCUT2D eigenvalue weighted by molar-refractivity contribution is -0.384. The third kappa shape index (κ3) is 3.45. The molecule has 0 saturated heterocycles. The van der Waals surface area contributed by atoms with Crippen molar-refractivity contribution in [3.63, 3.8) is 0 Å². The highest BCUT2D eigenvalue weighted by molar-refractivity contribution is 5.85. The van der Waals surface area contributed by atoms with Gasteiger partial charge in [0, 0.05) is 23.8 Å². The molecule has 4 rings (SSSR count). The highest BCUT2D eigenvalue weighted by Crippen LogP contribution is 2.26. The third-order valence-corrected chi connectivity index (χ3v) is 4.05. The van der Waals surface area contributed by atoms with E-state index in [4.69, 9.17) is 9.26 Å². The van der Waals surface area contributed by atoms with Crippen LogP contribution in [-0.2, 0) is 6.61 Å². The number of ether oxygens (including phenoxy) is 1. The summed E-state index contributed by atoms with van der Waals surface area (Å²) in [5.74, 6) is 0.863. The molecule has 0 saturated carbocycles. The minimum atomic E-state index is -0.469. The number of nitro groups is 1. The Morgan fingerprint density at radius 3 is 2.70 bits per heavy atom. The average molecular weight is 362 g/mol. The molecular weight excluding hydrogens is 348 g/mol. The van der Waals surface area contributed by atoms with Gasteiger partial charge in [-0.1, -0.05) is 35.0 Å². The van der Waals surface area contributed by atoms with Gasteiger partial charge in [0.15, 0.2) is 12.4 Å². The van der Waals surface area contributed by atoms with Crippen molar-refractivity contribution < 1.29 is 14.2 Å². The maximum atomic E-state index is 10.9. The number of benzene rings is 2. The molecule has 2 heterocycles. The molecule has 2 aromatic carbocycles. The van der Waals surface area contributed by atoms with Crippen LogP contribution in [0.1, 0.15) is 11.3 Å². The predicted octanol–water partition coefficient (Wildman–Crippen LogP) is 4.08. The van der Waals surface area contributed by atoms with Crippen LogP contribution < -0.4 is 4.74 Å². The van der Waals surface area contributed by atoms with Crippen molar-refractivity contribution in [3.05, 3.63) is 76.3 Å². The molecule has 0 aliphatic carbocycles. The summed E-state index contributed by atoms with van der Waals surface area (Å²) in [4.78, 5) is 18.6. The van der Waals surface area contributed by atoms with Crippen LogP contribution in [0.15, 0.2) is 59.4 Å². The van der Waals surface area contributed by atoms with Crippen molar-refractivity contribution in [1.29, 1.82) is 0 Å². The number of hydrogen-bond donors (Lipinski definition) is 0. The summed E-state index contributed by atoms with van der Waals surface area (Å²) in [5, 5.41) is 15.5. The van der Waals surface area contributed by atoms with Crippen LogP contribution in [0.4, 0.5) is 5.69 Å². The lowest BCUT2D eigenvalue weighted by Gasteiger charge is -2.05. The van der Waals surface area contributed by atoms with E-state index in [-0.39, 0.29) is 12.3 Å². The van der Waals surface area contributed by atoms with Crippen LogP contribution in [0.25, 0.3) is 22.2 Å². The maximum Gasteiger partial charge on any atom is 0.271 e. The largest absolute Gasteiger partial charge is 0.469 e. The number of nitrogens with zero attached hydrogens (tertiary/aromatic N) is 4. The maximum absolute atomic E-state index is 10.9. The number of aromatic nitrogens is 3. The zero-order valence-corrected chi connectivity index (χ0v) is 14.3. The Morgan fingerprint density at radius 2 is 1.93 bits per heavy atom. The second-order valence-electron chi connectivity index (χ2n) is 5.97. The number of hydrogen-bond acceptors (Lipinski definition) is 7. The molecule has 0 atom stereocenters. The normalized spacial score (nSPS) is 10.9. The SMILES string of the molecule is Cc1ccc(-c2cc(COc3ncnc4cc([N+](=O)[O-])ccc34)on2)cc1. The van der Waals surface area contributed by atoms with Gasteiger partial charge < -0.3 is 9.26 Å². The zero-order valence-electron chi connectivity index (χ0n) is 14.3. The molecule has 27 heavy (non-hydrogen) atoms. The molecular formula is C19H14N4O4. The highest BCUT2D eigenvalue weighted by atomic mass is 16.6. The average Bonchev–Trinajstić information content (AvgIpc) is 3.15. The number of fused-ring (bicyclic) bond motifs is 1. The first kappa shape index (κ1) is 16.6. The van der Waals surface area contributed by atoms with Crippen LogP contribution in [0.2, 0.25) is 0 Å². The summed E-state index contributed by atoms with van der Waals surface area (Å²) >= 11 is 0. The van der Waals surface area contributed by atoms with Gasteiger partial charge in [0.2, 0.25) is 5.88 Å². The molecule has 0 amide bonds. The first-order chi connectivity index (χ1) is 13.1. The van der Waals surface area contributed by atoms with Gasteiger partial charge in [-0.15, -0.1) is 0 Å². The van der Waals surface area contributed by atoms with Crippen molar-refractivity contribution in [2.24, 2.45) is 0 Å². The molecule has 0 aliphatic rings. The van der Waals surface area contributed by atoms with Gasteiger partial charge in [-0.25, -0.2) is 9.97 Å². The highest BCUT2D eigenvalue weighted by Gasteiger charge is 2.12. The van der Waals surface area contributed by atoms with Crippen LogP contribution in [0.3, 0.4) is 0 Å². The summed E-state index contributed by atoms with van der Waals surface area (Å²) in [7, 11) is 0. The minimum Gasteiger partial charge on any atom is -0.469 e. The molecule has 2 aromatic heterocycles. The van der Waals surface area contributed by atoms with E-state index in [0.29, 0.717) is 22.5 Å². The van der Waals surface area contributed by atoms with Crippen LogP contribution in [-0.4, -0.2) is 20.0 Å². The van der Waals surface area contributed by atoms with E-state index >= 15 is 0 Å². The van der Waals surface area contributed by atoms with Crippen molar-refractivity contribution in [1.82, 2.24) is 15.1 Å². The Bertz CT molecular complexity index is 1120. The van der Waals surface area contributed by atoms with E-state index in [9.17, 15) is 10.1 Å². The molecule has 0 bridgehead atoms. The van der Waals surface area contributed by atoms with E-state index in [1.165, 1.54) is 24.0 Å². The van der Waals surface area contributed by atoms with Crippen molar-refractivity contribution in [2.75, 3.05) is 0 Å². The predicted molar refractivity (Wildman–Crippen MR) is 97.2 cm³/mol. The second-order valence-corrected chi connectivity index (χ2v) is 5.97.